The zero-order valence-electron chi connectivity index (χ0n) is 13.7. The van der Waals surface area contributed by atoms with Crippen LogP contribution in [0.15, 0.2) is 6.20 Å². The third kappa shape index (κ3) is 7.94. The molecule has 1 aromatic rings. The molecule has 0 spiro atoms. The van der Waals surface area contributed by atoms with Gasteiger partial charge in [-0.15, -0.1) is 0 Å². The third-order valence-corrected chi connectivity index (χ3v) is 2.76. The molecule has 6 nitrogen and oxygen atoms in total. The van der Waals surface area contributed by atoms with Gasteiger partial charge in [-0.3, -0.25) is 0 Å². The monoisotopic (exact) mass is 297 g/mol. The van der Waals surface area contributed by atoms with Crippen molar-refractivity contribution in [2.45, 2.75) is 39.8 Å². The molecule has 0 amide bonds. The second kappa shape index (κ2) is 8.92. The molecule has 6 heteroatoms. The summed E-state index contributed by atoms with van der Waals surface area (Å²) in [7, 11) is 1.65. The van der Waals surface area contributed by atoms with E-state index in [1.54, 1.807) is 7.11 Å². The molecule has 0 bridgehead atoms. The van der Waals surface area contributed by atoms with Gasteiger partial charge in [-0.2, -0.15) is 0 Å². The van der Waals surface area contributed by atoms with Gasteiger partial charge >= 0.3 is 6.01 Å². The Balaban J connectivity index is 2.36. The molecule has 1 N–H and O–H groups in total. The molecule has 0 radical (unpaired) electrons. The zero-order chi connectivity index (χ0) is 15.7. The van der Waals surface area contributed by atoms with Crippen LogP contribution in [0.4, 0.5) is 0 Å². The highest BCUT2D eigenvalue weighted by molar-refractivity contribution is 5.17. The quantitative estimate of drug-likeness (QED) is 0.700. The maximum atomic E-state index is 5.46. The van der Waals surface area contributed by atoms with E-state index in [4.69, 9.17) is 14.2 Å². The number of hydrogen-bond acceptors (Lipinski definition) is 6. The van der Waals surface area contributed by atoms with E-state index in [0.29, 0.717) is 32.4 Å². The maximum absolute atomic E-state index is 5.46. The van der Waals surface area contributed by atoms with E-state index >= 15 is 0 Å². The minimum absolute atomic E-state index is 0.0706. The third-order valence-electron chi connectivity index (χ3n) is 2.76. The van der Waals surface area contributed by atoms with Crippen LogP contribution in [0.2, 0.25) is 0 Å². The van der Waals surface area contributed by atoms with Crippen LogP contribution >= 0.6 is 0 Å². The first kappa shape index (κ1) is 17.8. The van der Waals surface area contributed by atoms with Crippen LogP contribution in [0.3, 0.4) is 0 Å². The molecule has 1 aromatic heterocycles. The molecule has 21 heavy (non-hydrogen) atoms. The van der Waals surface area contributed by atoms with Crippen LogP contribution in [-0.2, 0) is 16.0 Å². The van der Waals surface area contributed by atoms with E-state index in [-0.39, 0.29) is 5.54 Å². The molecule has 0 saturated heterocycles. The number of nitrogens with zero attached hydrogens (tertiary/aromatic N) is 2. The standard InChI is InChI=1S/C15H27N3O3/c1-12-13(11-17-15(2,3)4)10-16-14(18-12)21-9-8-20-7-6-19-5/h10,17H,6-9,11H2,1-5H3. The Bertz CT molecular complexity index is 419. The second-order valence-electron chi connectivity index (χ2n) is 5.82. The fourth-order valence-electron chi connectivity index (χ4n) is 1.51. The predicted molar refractivity (Wildman–Crippen MR) is 81.6 cm³/mol. The topological polar surface area (TPSA) is 65.5 Å². The summed E-state index contributed by atoms with van der Waals surface area (Å²) in [5.41, 5.74) is 2.08. The van der Waals surface area contributed by atoms with Gasteiger partial charge in [0.1, 0.15) is 6.61 Å². The average Bonchev–Trinajstić information content (AvgIpc) is 2.40. The van der Waals surface area contributed by atoms with Crippen LogP contribution in [0.25, 0.3) is 0 Å². The van der Waals surface area contributed by atoms with Crippen molar-refractivity contribution in [2.75, 3.05) is 33.5 Å². The Morgan fingerprint density at radius 2 is 1.86 bits per heavy atom. The highest BCUT2D eigenvalue weighted by atomic mass is 16.5. The summed E-state index contributed by atoms with van der Waals surface area (Å²) in [6.07, 6.45) is 1.81. The van der Waals surface area contributed by atoms with Crippen molar-refractivity contribution in [3.63, 3.8) is 0 Å². The highest BCUT2D eigenvalue weighted by Crippen LogP contribution is 2.10. The fourth-order valence-corrected chi connectivity index (χ4v) is 1.51. The van der Waals surface area contributed by atoms with Gasteiger partial charge in [0.2, 0.25) is 0 Å². The Morgan fingerprint density at radius 3 is 2.48 bits per heavy atom. The first-order valence-electron chi connectivity index (χ1n) is 7.19. The van der Waals surface area contributed by atoms with Crippen LogP contribution in [-0.4, -0.2) is 49.0 Å². The predicted octanol–water partition coefficient (Wildman–Crippen LogP) is 1.71. The number of nitrogens with one attached hydrogen (secondary N) is 1. The Labute approximate surface area is 127 Å². The molecule has 120 valence electrons. The van der Waals surface area contributed by atoms with E-state index < -0.39 is 0 Å². The second-order valence-corrected chi connectivity index (χ2v) is 5.82. The number of ether oxygens (including phenoxy) is 3. The van der Waals surface area contributed by atoms with E-state index in [1.807, 2.05) is 13.1 Å². The molecule has 0 aromatic carbocycles. The Hall–Kier alpha value is -1.24. The molecule has 1 rings (SSSR count). The van der Waals surface area contributed by atoms with Gasteiger partial charge in [-0.25, -0.2) is 9.97 Å². The lowest BCUT2D eigenvalue weighted by molar-refractivity contribution is 0.0528. The fraction of sp³-hybridized carbons (Fsp3) is 0.733. The summed E-state index contributed by atoms with van der Waals surface area (Å²) >= 11 is 0. The van der Waals surface area contributed by atoms with Crippen LogP contribution in [0, 0.1) is 6.92 Å². The zero-order valence-corrected chi connectivity index (χ0v) is 13.7. The van der Waals surface area contributed by atoms with Crippen molar-refractivity contribution < 1.29 is 14.2 Å². The highest BCUT2D eigenvalue weighted by Gasteiger charge is 2.10. The summed E-state index contributed by atoms with van der Waals surface area (Å²) in [6, 6.07) is 0.391. The SMILES string of the molecule is COCCOCCOc1ncc(CNC(C)(C)C)c(C)n1. The van der Waals surface area contributed by atoms with Crippen molar-refractivity contribution >= 4 is 0 Å². The van der Waals surface area contributed by atoms with Crippen LogP contribution < -0.4 is 10.1 Å². The summed E-state index contributed by atoms with van der Waals surface area (Å²) in [5, 5.41) is 3.42. The lowest BCUT2D eigenvalue weighted by atomic mass is 10.1. The number of rotatable bonds is 9. The number of methoxy groups -OCH3 is 1. The Kier molecular flexibility index (Phi) is 7.56. The minimum Gasteiger partial charge on any atom is -0.461 e. The summed E-state index contributed by atoms with van der Waals surface area (Å²) in [4.78, 5) is 8.57. The van der Waals surface area contributed by atoms with E-state index in [2.05, 4.69) is 36.1 Å². The smallest absolute Gasteiger partial charge is 0.316 e. The van der Waals surface area contributed by atoms with Gasteiger partial charge in [0.05, 0.1) is 19.8 Å². The maximum Gasteiger partial charge on any atom is 0.316 e. The molecular formula is C15H27N3O3. The van der Waals surface area contributed by atoms with E-state index in [0.717, 1.165) is 17.8 Å². The van der Waals surface area contributed by atoms with Crippen molar-refractivity contribution in [2.24, 2.45) is 0 Å². The molecule has 1 heterocycles. The Morgan fingerprint density at radius 1 is 1.14 bits per heavy atom. The summed E-state index contributed by atoms with van der Waals surface area (Å²) < 4.78 is 15.7. The summed E-state index contributed by atoms with van der Waals surface area (Å²) in [5.74, 6) is 0. The molecule has 0 aliphatic carbocycles. The van der Waals surface area contributed by atoms with Crippen molar-refractivity contribution in [1.29, 1.82) is 0 Å². The van der Waals surface area contributed by atoms with Crippen LogP contribution in [0.5, 0.6) is 6.01 Å². The van der Waals surface area contributed by atoms with Gasteiger partial charge in [0.15, 0.2) is 0 Å². The van der Waals surface area contributed by atoms with Crippen molar-refractivity contribution in [1.82, 2.24) is 15.3 Å². The van der Waals surface area contributed by atoms with Gasteiger partial charge in [-0.05, 0) is 27.7 Å². The first-order chi connectivity index (χ1) is 9.92. The average molecular weight is 297 g/mol. The van der Waals surface area contributed by atoms with Gasteiger partial charge < -0.3 is 19.5 Å². The number of aromatic nitrogens is 2. The van der Waals surface area contributed by atoms with Gasteiger partial charge in [0.25, 0.3) is 0 Å². The van der Waals surface area contributed by atoms with Crippen molar-refractivity contribution in [3.8, 4) is 6.01 Å². The molecule has 0 fully saturated rings. The van der Waals surface area contributed by atoms with Gasteiger partial charge in [-0.1, -0.05) is 0 Å². The molecule has 0 aliphatic rings. The minimum atomic E-state index is 0.0706. The normalized spacial score (nSPS) is 11.7. The largest absolute Gasteiger partial charge is 0.461 e. The lowest BCUT2D eigenvalue weighted by Crippen LogP contribution is -2.35. The molecule has 0 atom stereocenters. The van der Waals surface area contributed by atoms with E-state index in [1.165, 1.54) is 0 Å². The van der Waals surface area contributed by atoms with Gasteiger partial charge in [0, 0.05) is 36.6 Å². The van der Waals surface area contributed by atoms with E-state index in [9.17, 15) is 0 Å². The molecular weight excluding hydrogens is 270 g/mol. The first-order valence-corrected chi connectivity index (χ1v) is 7.19. The lowest BCUT2D eigenvalue weighted by Gasteiger charge is -2.20. The van der Waals surface area contributed by atoms with Crippen LogP contribution in [0.1, 0.15) is 32.0 Å². The molecule has 0 saturated carbocycles. The molecule has 0 unspecified atom stereocenters. The number of hydrogen-bond donors (Lipinski definition) is 1. The molecule has 0 aliphatic heterocycles. The summed E-state index contributed by atoms with van der Waals surface area (Å²) in [6.45, 7) is 11.2. The number of aryl methyl sites for hydroxylation is 1. The van der Waals surface area contributed by atoms with Crippen molar-refractivity contribution in [3.05, 3.63) is 17.5 Å².